The van der Waals surface area contributed by atoms with Crippen LogP contribution < -0.4 is 10.2 Å². The molecule has 130 valence electrons. The molecule has 0 aromatic heterocycles. The molecular formula is C17H22N2O5. The van der Waals surface area contributed by atoms with E-state index < -0.39 is 5.97 Å². The Morgan fingerprint density at radius 2 is 2.17 bits per heavy atom. The maximum Gasteiger partial charge on any atom is 0.337 e. The number of ether oxygens (including phenoxy) is 2. The Labute approximate surface area is 140 Å². The summed E-state index contributed by atoms with van der Waals surface area (Å²) in [5.41, 5.74) is 0.790. The molecule has 1 unspecified atom stereocenters. The molecule has 0 saturated carbocycles. The van der Waals surface area contributed by atoms with E-state index in [-0.39, 0.29) is 24.5 Å². The second-order valence-corrected chi connectivity index (χ2v) is 5.59. The third-order valence-electron chi connectivity index (χ3n) is 3.81. The van der Waals surface area contributed by atoms with Crippen LogP contribution in [0.5, 0.6) is 0 Å². The highest BCUT2D eigenvalue weighted by Crippen LogP contribution is 2.17. The topological polar surface area (TPSA) is 84.9 Å². The average Bonchev–Trinajstić information content (AvgIpc) is 3.10. The molecule has 1 heterocycles. The lowest BCUT2D eigenvalue weighted by Gasteiger charge is -2.21. The quantitative estimate of drug-likeness (QED) is 0.788. The van der Waals surface area contributed by atoms with E-state index in [1.807, 2.05) is 0 Å². The number of methoxy groups -OCH3 is 1. The van der Waals surface area contributed by atoms with Gasteiger partial charge in [0, 0.05) is 25.8 Å². The summed E-state index contributed by atoms with van der Waals surface area (Å²) < 4.78 is 10.1. The lowest BCUT2D eigenvalue weighted by Crippen LogP contribution is -2.42. The first-order chi connectivity index (χ1) is 11.5. The van der Waals surface area contributed by atoms with Crippen LogP contribution in [0.2, 0.25) is 0 Å². The maximum atomic E-state index is 12.1. The number of rotatable bonds is 6. The van der Waals surface area contributed by atoms with E-state index in [2.05, 4.69) is 10.1 Å². The van der Waals surface area contributed by atoms with Crippen molar-refractivity contribution in [2.75, 3.05) is 31.7 Å². The van der Waals surface area contributed by atoms with E-state index >= 15 is 0 Å². The minimum Gasteiger partial charge on any atom is -0.465 e. The Hall–Kier alpha value is -2.41. The van der Waals surface area contributed by atoms with Crippen molar-refractivity contribution in [3.63, 3.8) is 0 Å². The molecule has 1 atom stereocenters. The van der Waals surface area contributed by atoms with Gasteiger partial charge in [0.15, 0.2) is 0 Å². The first-order valence-electron chi connectivity index (χ1n) is 7.86. The van der Waals surface area contributed by atoms with E-state index in [1.54, 1.807) is 18.2 Å². The van der Waals surface area contributed by atoms with E-state index in [4.69, 9.17) is 4.74 Å². The zero-order valence-electron chi connectivity index (χ0n) is 13.9. The van der Waals surface area contributed by atoms with Crippen LogP contribution in [0.3, 0.4) is 0 Å². The van der Waals surface area contributed by atoms with Crippen molar-refractivity contribution < 1.29 is 23.9 Å². The molecule has 1 aromatic rings. The van der Waals surface area contributed by atoms with E-state index in [0.29, 0.717) is 17.8 Å². The summed E-state index contributed by atoms with van der Waals surface area (Å²) in [6.45, 7) is 2.41. The minimum absolute atomic E-state index is 0.0439. The van der Waals surface area contributed by atoms with Gasteiger partial charge in [0.25, 0.3) is 0 Å². The molecule has 7 heteroatoms. The number of hydrogen-bond donors (Lipinski definition) is 1. The third kappa shape index (κ3) is 4.79. The summed E-state index contributed by atoms with van der Waals surface area (Å²) in [6, 6.07) is 6.43. The van der Waals surface area contributed by atoms with Gasteiger partial charge in [0.05, 0.1) is 18.8 Å². The maximum absolute atomic E-state index is 12.1. The summed E-state index contributed by atoms with van der Waals surface area (Å²) in [7, 11) is 1.29. The number of anilines is 1. The number of benzene rings is 1. The molecular weight excluding hydrogens is 312 g/mol. The summed E-state index contributed by atoms with van der Waals surface area (Å²) in [5.74, 6) is -1.06. The summed E-state index contributed by atoms with van der Waals surface area (Å²) >= 11 is 0. The number of nitrogens with zero attached hydrogens (tertiary/aromatic N) is 1. The fourth-order valence-corrected chi connectivity index (χ4v) is 2.54. The van der Waals surface area contributed by atoms with Crippen LogP contribution in [0.4, 0.5) is 5.69 Å². The van der Waals surface area contributed by atoms with Crippen LogP contribution in [0, 0.1) is 0 Å². The minimum atomic E-state index is -0.497. The highest BCUT2D eigenvalue weighted by Gasteiger charge is 2.20. The Bertz CT molecular complexity index is 611. The van der Waals surface area contributed by atoms with Crippen molar-refractivity contribution in [1.29, 1.82) is 0 Å². The van der Waals surface area contributed by atoms with Crippen molar-refractivity contribution in [3.8, 4) is 0 Å². The van der Waals surface area contributed by atoms with Gasteiger partial charge >= 0.3 is 5.97 Å². The van der Waals surface area contributed by atoms with E-state index in [0.717, 1.165) is 19.4 Å². The molecule has 1 saturated heterocycles. The van der Waals surface area contributed by atoms with Crippen LogP contribution >= 0.6 is 0 Å². The SMILES string of the molecule is COC(=O)c1cccc(N(CC(=O)NCC2CCCO2)C(C)=O)c1. The number of esters is 1. The molecule has 0 spiro atoms. The largest absolute Gasteiger partial charge is 0.465 e. The van der Waals surface area contributed by atoms with Crippen molar-refractivity contribution in [1.82, 2.24) is 5.32 Å². The Morgan fingerprint density at radius 3 is 2.79 bits per heavy atom. The zero-order valence-corrected chi connectivity index (χ0v) is 13.9. The molecule has 1 fully saturated rings. The molecule has 1 aliphatic heterocycles. The highest BCUT2D eigenvalue weighted by atomic mass is 16.5. The normalized spacial score (nSPS) is 16.5. The Balaban J connectivity index is 2.01. The van der Waals surface area contributed by atoms with Crippen molar-refractivity contribution in [2.24, 2.45) is 0 Å². The molecule has 1 N–H and O–H groups in total. The van der Waals surface area contributed by atoms with Gasteiger partial charge in [-0.3, -0.25) is 9.59 Å². The average molecular weight is 334 g/mol. The van der Waals surface area contributed by atoms with Crippen molar-refractivity contribution >= 4 is 23.5 Å². The molecule has 0 radical (unpaired) electrons. The van der Waals surface area contributed by atoms with Crippen LogP contribution in [0.15, 0.2) is 24.3 Å². The Kier molecular flexibility index (Phi) is 6.31. The zero-order chi connectivity index (χ0) is 17.5. The number of carbonyl (C=O) groups excluding carboxylic acids is 3. The van der Waals surface area contributed by atoms with Crippen LogP contribution in [-0.4, -0.2) is 50.7 Å². The first-order valence-corrected chi connectivity index (χ1v) is 7.86. The Morgan fingerprint density at radius 1 is 1.38 bits per heavy atom. The van der Waals surface area contributed by atoms with Gasteiger partial charge in [-0.2, -0.15) is 0 Å². The van der Waals surface area contributed by atoms with Crippen molar-refractivity contribution in [3.05, 3.63) is 29.8 Å². The fraction of sp³-hybridized carbons (Fsp3) is 0.471. The standard InChI is InChI=1S/C17H22N2O5/c1-12(20)19(11-16(21)18-10-15-7-4-8-24-15)14-6-3-5-13(9-14)17(22)23-2/h3,5-6,9,15H,4,7-8,10-11H2,1-2H3,(H,18,21). The molecule has 24 heavy (non-hydrogen) atoms. The molecule has 2 amide bonds. The number of nitrogens with one attached hydrogen (secondary N) is 1. The molecule has 7 nitrogen and oxygen atoms in total. The van der Waals surface area contributed by atoms with Crippen molar-refractivity contribution in [2.45, 2.75) is 25.9 Å². The fourth-order valence-electron chi connectivity index (χ4n) is 2.54. The second kappa shape index (κ2) is 8.44. The molecule has 0 bridgehead atoms. The van der Waals surface area contributed by atoms with Crippen LogP contribution in [0.1, 0.15) is 30.1 Å². The van der Waals surface area contributed by atoms with E-state index in [9.17, 15) is 14.4 Å². The van der Waals surface area contributed by atoms with Gasteiger partial charge in [-0.05, 0) is 31.0 Å². The smallest absolute Gasteiger partial charge is 0.337 e. The number of carbonyl (C=O) groups is 3. The molecule has 1 aliphatic rings. The number of hydrogen-bond acceptors (Lipinski definition) is 5. The molecule has 0 aliphatic carbocycles. The number of amides is 2. The van der Waals surface area contributed by atoms with Gasteiger partial charge in [-0.15, -0.1) is 0 Å². The van der Waals surface area contributed by atoms with Crippen LogP contribution in [0.25, 0.3) is 0 Å². The van der Waals surface area contributed by atoms with E-state index in [1.165, 1.54) is 25.0 Å². The lowest BCUT2D eigenvalue weighted by molar-refractivity contribution is -0.123. The highest BCUT2D eigenvalue weighted by molar-refractivity contribution is 5.99. The lowest BCUT2D eigenvalue weighted by atomic mass is 10.2. The summed E-state index contributed by atoms with van der Waals surface area (Å²) in [5, 5.41) is 2.78. The summed E-state index contributed by atoms with van der Waals surface area (Å²) in [4.78, 5) is 36.9. The van der Waals surface area contributed by atoms with Gasteiger partial charge in [-0.25, -0.2) is 4.79 Å². The van der Waals surface area contributed by atoms with Gasteiger partial charge in [0.2, 0.25) is 11.8 Å². The second-order valence-electron chi connectivity index (χ2n) is 5.59. The predicted octanol–water partition coefficient (Wildman–Crippen LogP) is 1.12. The van der Waals surface area contributed by atoms with Gasteiger partial charge in [0.1, 0.15) is 6.54 Å². The predicted molar refractivity (Wildman–Crippen MR) is 87.8 cm³/mol. The van der Waals surface area contributed by atoms with Gasteiger partial charge < -0.3 is 19.7 Å². The third-order valence-corrected chi connectivity index (χ3v) is 3.81. The van der Waals surface area contributed by atoms with Gasteiger partial charge in [-0.1, -0.05) is 6.07 Å². The monoisotopic (exact) mass is 334 g/mol. The first kappa shape index (κ1) is 17.9. The summed E-state index contributed by atoms with van der Waals surface area (Å²) in [6.07, 6.45) is 1.97. The molecule has 2 rings (SSSR count). The molecule has 1 aromatic carbocycles. The van der Waals surface area contributed by atoms with Crippen LogP contribution in [-0.2, 0) is 19.1 Å².